The molecule has 0 amide bonds. The second-order valence-corrected chi connectivity index (χ2v) is 6.49. The van der Waals surface area contributed by atoms with Crippen LogP contribution < -0.4 is 5.32 Å². The van der Waals surface area contributed by atoms with Crippen molar-refractivity contribution in [1.29, 1.82) is 0 Å². The Kier molecular flexibility index (Phi) is 7.93. The van der Waals surface area contributed by atoms with Gasteiger partial charge in [0.25, 0.3) is 0 Å². The molecular weight excluding hydrogens is 307 g/mol. The number of hydrogen-bond donors (Lipinski definition) is 1. The largest absolute Gasteiger partial charge is 0.314 e. The van der Waals surface area contributed by atoms with Crippen LogP contribution in [0, 0.1) is 0 Å². The third-order valence-corrected chi connectivity index (χ3v) is 5.31. The number of sulfone groups is 1. The number of piperazine rings is 1. The molecule has 1 heterocycles. The first-order valence-electron chi connectivity index (χ1n) is 5.86. The summed E-state index contributed by atoms with van der Waals surface area (Å²) in [7, 11) is -3.24. The van der Waals surface area contributed by atoms with E-state index in [9.17, 15) is 8.42 Å². The maximum atomic E-state index is 12.4. The van der Waals surface area contributed by atoms with Crippen molar-refractivity contribution in [3.05, 3.63) is 30.3 Å². The number of benzene rings is 1. The average Bonchev–Trinajstić information content (AvgIpc) is 2.40. The van der Waals surface area contributed by atoms with Crippen molar-refractivity contribution in [2.24, 2.45) is 0 Å². The van der Waals surface area contributed by atoms with Crippen LogP contribution >= 0.6 is 24.8 Å². The minimum absolute atomic E-state index is 0. The van der Waals surface area contributed by atoms with Gasteiger partial charge >= 0.3 is 0 Å². The summed E-state index contributed by atoms with van der Waals surface area (Å²) in [5.74, 6) is 0. The van der Waals surface area contributed by atoms with E-state index in [0.29, 0.717) is 4.90 Å². The second kappa shape index (κ2) is 8.07. The molecule has 19 heavy (non-hydrogen) atoms. The zero-order chi connectivity index (χ0) is 12.3. The Bertz CT molecular complexity index is 462. The minimum Gasteiger partial charge on any atom is -0.314 e. The SMILES string of the molecule is CC(N1CCNCC1)S(=O)(=O)c1ccccc1.Cl.Cl. The number of nitrogens with one attached hydrogen (secondary N) is 1. The fourth-order valence-corrected chi connectivity index (χ4v) is 3.58. The second-order valence-electron chi connectivity index (χ2n) is 4.24. The van der Waals surface area contributed by atoms with Gasteiger partial charge in [0.2, 0.25) is 0 Å². The third kappa shape index (κ3) is 4.33. The Hall–Kier alpha value is -0.330. The predicted octanol–water partition coefficient (Wildman–Crippen LogP) is 1.56. The van der Waals surface area contributed by atoms with E-state index in [-0.39, 0.29) is 24.8 Å². The van der Waals surface area contributed by atoms with Crippen molar-refractivity contribution >= 4 is 34.7 Å². The Morgan fingerprint density at radius 2 is 1.63 bits per heavy atom. The van der Waals surface area contributed by atoms with Crippen LogP contribution in [0.25, 0.3) is 0 Å². The number of nitrogens with zero attached hydrogens (tertiary/aromatic N) is 1. The van der Waals surface area contributed by atoms with Gasteiger partial charge < -0.3 is 5.32 Å². The van der Waals surface area contributed by atoms with Gasteiger partial charge in [-0.3, -0.25) is 4.90 Å². The molecule has 1 aromatic carbocycles. The quantitative estimate of drug-likeness (QED) is 0.915. The molecule has 0 aromatic heterocycles. The summed E-state index contributed by atoms with van der Waals surface area (Å²) >= 11 is 0. The van der Waals surface area contributed by atoms with Crippen LogP contribution in [0.5, 0.6) is 0 Å². The molecule has 1 N–H and O–H groups in total. The lowest BCUT2D eigenvalue weighted by Crippen LogP contribution is -2.49. The highest BCUT2D eigenvalue weighted by molar-refractivity contribution is 7.92. The summed E-state index contributed by atoms with van der Waals surface area (Å²) in [5.41, 5.74) is 0. The molecular formula is C12H20Cl2N2O2S. The lowest BCUT2D eigenvalue weighted by atomic mass is 10.4. The van der Waals surface area contributed by atoms with Gasteiger partial charge in [-0.1, -0.05) is 18.2 Å². The van der Waals surface area contributed by atoms with E-state index in [2.05, 4.69) is 5.32 Å². The van der Waals surface area contributed by atoms with E-state index in [1.165, 1.54) is 0 Å². The van der Waals surface area contributed by atoms with Crippen molar-refractivity contribution in [2.75, 3.05) is 26.2 Å². The lowest BCUT2D eigenvalue weighted by Gasteiger charge is -2.32. The molecule has 0 bridgehead atoms. The predicted molar refractivity (Wildman–Crippen MR) is 82.0 cm³/mol. The van der Waals surface area contributed by atoms with E-state index < -0.39 is 15.2 Å². The normalized spacial score (nSPS) is 17.9. The monoisotopic (exact) mass is 326 g/mol. The van der Waals surface area contributed by atoms with Crippen LogP contribution in [0.15, 0.2) is 35.2 Å². The van der Waals surface area contributed by atoms with Crippen molar-refractivity contribution < 1.29 is 8.42 Å². The van der Waals surface area contributed by atoms with Crippen LogP contribution in [-0.2, 0) is 9.84 Å². The van der Waals surface area contributed by atoms with Crippen LogP contribution in [0.1, 0.15) is 6.92 Å². The smallest absolute Gasteiger partial charge is 0.194 e. The van der Waals surface area contributed by atoms with E-state index >= 15 is 0 Å². The van der Waals surface area contributed by atoms with Gasteiger partial charge in [-0.15, -0.1) is 24.8 Å². The molecule has 110 valence electrons. The van der Waals surface area contributed by atoms with E-state index in [4.69, 9.17) is 0 Å². The topological polar surface area (TPSA) is 49.4 Å². The van der Waals surface area contributed by atoms with Crippen LogP contribution in [0.4, 0.5) is 0 Å². The van der Waals surface area contributed by atoms with Crippen molar-refractivity contribution in [1.82, 2.24) is 10.2 Å². The molecule has 0 saturated carbocycles. The molecule has 1 atom stereocenters. The summed E-state index contributed by atoms with van der Waals surface area (Å²) < 4.78 is 24.7. The molecule has 0 aliphatic carbocycles. The summed E-state index contributed by atoms with van der Waals surface area (Å²) in [6.07, 6.45) is 0. The Morgan fingerprint density at radius 1 is 1.11 bits per heavy atom. The standard InChI is InChI=1S/C12H18N2O2S.2ClH/c1-11(14-9-7-13-8-10-14)17(15,16)12-5-3-2-4-6-12;;/h2-6,11,13H,7-10H2,1H3;2*1H. The Morgan fingerprint density at radius 3 is 2.16 bits per heavy atom. The highest BCUT2D eigenvalue weighted by Gasteiger charge is 2.29. The Labute approximate surface area is 127 Å². The highest BCUT2D eigenvalue weighted by Crippen LogP contribution is 2.18. The molecule has 1 aliphatic heterocycles. The maximum absolute atomic E-state index is 12.4. The lowest BCUT2D eigenvalue weighted by molar-refractivity contribution is 0.227. The van der Waals surface area contributed by atoms with Gasteiger partial charge in [0, 0.05) is 26.2 Å². The first-order valence-corrected chi connectivity index (χ1v) is 7.41. The van der Waals surface area contributed by atoms with E-state index in [1.54, 1.807) is 31.2 Å². The zero-order valence-electron chi connectivity index (χ0n) is 10.8. The first-order chi connectivity index (χ1) is 8.12. The molecule has 1 aliphatic rings. The van der Waals surface area contributed by atoms with Crippen LogP contribution in [-0.4, -0.2) is 44.9 Å². The molecule has 4 nitrogen and oxygen atoms in total. The van der Waals surface area contributed by atoms with E-state index in [1.807, 2.05) is 11.0 Å². The molecule has 0 spiro atoms. The molecule has 1 aromatic rings. The Balaban J connectivity index is 0.00000162. The van der Waals surface area contributed by atoms with Gasteiger partial charge in [0.05, 0.1) is 4.90 Å². The summed E-state index contributed by atoms with van der Waals surface area (Å²) in [4.78, 5) is 2.42. The van der Waals surface area contributed by atoms with Crippen molar-refractivity contribution in [3.8, 4) is 0 Å². The molecule has 2 rings (SSSR count). The summed E-state index contributed by atoms with van der Waals surface area (Å²) in [6, 6.07) is 8.67. The highest BCUT2D eigenvalue weighted by atomic mass is 35.5. The zero-order valence-corrected chi connectivity index (χ0v) is 13.2. The number of rotatable bonds is 3. The van der Waals surface area contributed by atoms with Gasteiger partial charge in [-0.2, -0.15) is 0 Å². The fourth-order valence-electron chi connectivity index (χ4n) is 2.05. The summed E-state index contributed by atoms with van der Waals surface area (Å²) in [6.45, 7) is 5.05. The maximum Gasteiger partial charge on any atom is 0.194 e. The first kappa shape index (κ1) is 18.7. The van der Waals surface area contributed by atoms with Crippen molar-refractivity contribution in [3.63, 3.8) is 0 Å². The average molecular weight is 327 g/mol. The molecule has 1 saturated heterocycles. The van der Waals surface area contributed by atoms with E-state index in [0.717, 1.165) is 26.2 Å². The van der Waals surface area contributed by atoms with Gasteiger partial charge in [0.1, 0.15) is 5.37 Å². The molecule has 1 unspecified atom stereocenters. The van der Waals surface area contributed by atoms with Crippen molar-refractivity contribution in [2.45, 2.75) is 17.2 Å². The van der Waals surface area contributed by atoms with Crippen LogP contribution in [0.2, 0.25) is 0 Å². The molecule has 0 radical (unpaired) electrons. The third-order valence-electron chi connectivity index (χ3n) is 3.19. The fraction of sp³-hybridized carbons (Fsp3) is 0.500. The molecule has 7 heteroatoms. The number of hydrogen-bond acceptors (Lipinski definition) is 4. The van der Waals surface area contributed by atoms with Gasteiger partial charge in [0.15, 0.2) is 9.84 Å². The van der Waals surface area contributed by atoms with Gasteiger partial charge in [-0.25, -0.2) is 8.42 Å². The minimum atomic E-state index is -3.24. The van der Waals surface area contributed by atoms with Gasteiger partial charge in [-0.05, 0) is 19.1 Å². The molecule has 1 fully saturated rings. The summed E-state index contributed by atoms with van der Waals surface area (Å²) in [5, 5.41) is 2.77. The van der Waals surface area contributed by atoms with Crippen LogP contribution in [0.3, 0.4) is 0 Å². The number of halogens is 2.